The van der Waals surface area contributed by atoms with Crippen LogP contribution in [0.15, 0.2) is 72.8 Å². The number of carbonyl (C=O) groups excluding carboxylic acids is 1. The number of ketones is 1. The molecule has 0 heterocycles. The minimum Gasteiger partial charge on any atom is -0.374 e. The molecule has 4 rings (SSSR count). The van der Waals surface area contributed by atoms with E-state index in [2.05, 4.69) is 23.1 Å². The van der Waals surface area contributed by atoms with E-state index >= 15 is 0 Å². The van der Waals surface area contributed by atoms with Crippen LogP contribution in [-0.4, -0.2) is 19.4 Å². The Morgan fingerprint density at radius 2 is 1.50 bits per heavy atom. The lowest BCUT2D eigenvalue weighted by atomic mass is 9.77. The molecule has 3 aromatic rings. The fraction of sp³-hybridized carbons (Fsp3) is 0.130. The Bertz CT molecular complexity index is 1010. The van der Waals surface area contributed by atoms with Gasteiger partial charge in [-0.1, -0.05) is 48.5 Å². The molecule has 1 atom stereocenters. The number of nitriles is 1. The molecule has 0 amide bonds. The van der Waals surface area contributed by atoms with E-state index in [1.54, 1.807) is 12.1 Å². The van der Waals surface area contributed by atoms with Gasteiger partial charge in [-0.2, -0.15) is 5.26 Å². The lowest BCUT2D eigenvalue weighted by molar-refractivity contribution is 0.0960. The van der Waals surface area contributed by atoms with Gasteiger partial charge in [0.1, 0.15) is 0 Å². The fourth-order valence-corrected chi connectivity index (χ4v) is 3.66. The molecule has 0 bridgehead atoms. The normalized spacial score (nSPS) is 14.9. The summed E-state index contributed by atoms with van der Waals surface area (Å²) >= 11 is 0. The highest BCUT2D eigenvalue weighted by molar-refractivity contribution is 6.10. The van der Waals surface area contributed by atoms with Gasteiger partial charge in [0.25, 0.3) is 0 Å². The lowest BCUT2D eigenvalue weighted by Gasteiger charge is -2.30. The molecule has 0 fully saturated rings. The molecule has 1 aliphatic rings. The van der Waals surface area contributed by atoms with Gasteiger partial charge in [-0.05, 0) is 41.0 Å². The van der Waals surface area contributed by atoms with Crippen LogP contribution in [0.1, 0.15) is 27.4 Å². The fourth-order valence-electron chi connectivity index (χ4n) is 3.66. The molecule has 26 heavy (non-hydrogen) atoms. The molecule has 1 aliphatic carbocycles. The van der Waals surface area contributed by atoms with Crippen molar-refractivity contribution in [2.24, 2.45) is 0 Å². The topological polar surface area (TPSA) is 44.1 Å². The predicted octanol–water partition coefficient (Wildman–Crippen LogP) is 4.64. The lowest BCUT2D eigenvalue weighted by Crippen LogP contribution is -2.31. The van der Waals surface area contributed by atoms with Gasteiger partial charge in [0.2, 0.25) is 0 Å². The number of rotatable bonds is 3. The maximum atomic E-state index is 13.2. The Labute approximate surface area is 153 Å². The Morgan fingerprint density at radius 1 is 0.885 bits per heavy atom. The highest BCUT2D eigenvalue weighted by Crippen LogP contribution is 2.40. The molecule has 0 aromatic heterocycles. The number of likely N-dealkylation sites (N-methyl/N-ethyl adjacent to an activating group) is 1. The van der Waals surface area contributed by atoms with Gasteiger partial charge in [-0.25, -0.2) is 0 Å². The number of benzene rings is 3. The van der Waals surface area contributed by atoms with Crippen molar-refractivity contribution in [3.8, 4) is 17.2 Å². The molecule has 0 N–H and O–H groups in total. The molecular formula is C23H18N2O. The number of fused-ring (bicyclic) bond motifs is 3. The summed E-state index contributed by atoms with van der Waals surface area (Å²) in [6.07, 6.45) is 0. The van der Waals surface area contributed by atoms with Crippen LogP contribution >= 0.6 is 0 Å². The van der Waals surface area contributed by atoms with E-state index in [1.807, 2.05) is 55.6 Å². The van der Waals surface area contributed by atoms with Crippen molar-refractivity contribution in [1.29, 1.82) is 5.26 Å². The third-order valence-electron chi connectivity index (χ3n) is 5.03. The molecule has 0 saturated carbocycles. The predicted molar refractivity (Wildman–Crippen MR) is 103 cm³/mol. The largest absolute Gasteiger partial charge is 0.374 e. The van der Waals surface area contributed by atoms with E-state index < -0.39 is 0 Å². The first-order valence-corrected chi connectivity index (χ1v) is 8.63. The summed E-state index contributed by atoms with van der Waals surface area (Å²) in [5, 5.41) is 8.96. The molecule has 0 aliphatic heterocycles. The molecule has 3 aromatic carbocycles. The number of anilines is 1. The van der Waals surface area contributed by atoms with Crippen molar-refractivity contribution < 1.29 is 4.79 Å². The van der Waals surface area contributed by atoms with Gasteiger partial charge < -0.3 is 4.90 Å². The van der Waals surface area contributed by atoms with E-state index in [1.165, 1.54) is 0 Å². The van der Waals surface area contributed by atoms with Crippen LogP contribution in [0.2, 0.25) is 0 Å². The standard InChI is InChI=1S/C23H18N2O/c1-25(17-12-10-16(14-24)11-13-17)15-22-20-8-3-2-6-18(20)19-7-4-5-9-21(19)23(22)26/h2-13,22H,15H2,1H3. The monoisotopic (exact) mass is 338 g/mol. The quantitative estimate of drug-likeness (QED) is 0.699. The number of carbonyl (C=O) groups is 1. The van der Waals surface area contributed by atoms with Gasteiger partial charge in [0, 0.05) is 24.8 Å². The molecule has 3 heteroatoms. The van der Waals surface area contributed by atoms with Crippen molar-refractivity contribution in [1.82, 2.24) is 0 Å². The molecule has 3 nitrogen and oxygen atoms in total. The summed E-state index contributed by atoms with van der Waals surface area (Å²) in [6, 6.07) is 25.6. The van der Waals surface area contributed by atoms with Gasteiger partial charge in [0.05, 0.1) is 17.6 Å². The van der Waals surface area contributed by atoms with Gasteiger partial charge in [-0.3, -0.25) is 4.79 Å². The Morgan fingerprint density at radius 3 is 2.19 bits per heavy atom. The summed E-state index contributed by atoms with van der Waals surface area (Å²) < 4.78 is 0. The second-order valence-corrected chi connectivity index (χ2v) is 6.59. The molecule has 0 spiro atoms. The first kappa shape index (κ1) is 16.1. The number of hydrogen-bond acceptors (Lipinski definition) is 3. The summed E-state index contributed by atoms with van der Waals surface area (Å²) in [5.74, 6) is -0.0402. The third kappa shape index (κ3) is 2.66. The third-order valence-corrected chi connectivity index (χ3v) is 5.03. The Kier molecular flexibility index (Phi) is 4.02. The van der Waals surface area contributed by atoms with Gasteiger partial charge in [0.15, 0.2) is 5.78 Å². The first-order chi connectivity index (χ1) is 12.7. The van der Waals surface area contributed by atoms with Crippen LogP contribution in [-0.2, 0) is 0 Å². The van der Waals surface area contributed by atoms with Gasteiger partial charge in [-0.15, -0.1) is 0 Å². The first-order valence-electron chi connectivity index (χ1n) is 8.63. The second kappa shape index (κ2) is 6.50. The van der Waals surface area contributed by atoms with Crippen LogP contribution in [0, 0.1) is 11.3 Å². The van der Waals surface area contributed by atoms with Gasteiger partial charge >= 0.3 is 0 Å². The molecule has 126 valence electrons. The second-order valence-electron chi connectivity index (χ2n) is 6.59. The van der Waals surface area contributed by atoms with Crippen LogP contribution in [0.25, 0.3) is 11.1 Å². The van der Waals surface area contributed by atoms with Crippen LogP contribution in [0.3, 0.4) is 0 Å². The minimum atomic E-state index is -0.207. The van der Waals surface area contributed by atoms with Crippen molar-refractivity contribution in [2.45, 2.75) is 5.92 Å². The van der Waals surface area contributed by atoms with Crippen LogP contribution in [0.4, 0.5) is 5.69 Å². The highest BCUT2D eigenvalue weighted by Gasteiger charge is 2.32. The number of nitrogens with zero attached hydrogens (tertiary/aromatic N) is 2. The van der Waals surface area contributed by atoms with E-state index in [0.717, 1.165) is 27.9 Å². The van der Waals surface area contributed by atoms with Crippen LogP contribution < -0.4 is 4.90 Å². The smallest absolute Gasteiger partial charge is 0.172 e. The maximum Gasteiger partial charge on any atom is 0.172 e. The Hall–Kier alpha value is -3.38. The van der Waals surface area contributed by atoms with Crippen LogP contribution in [0.5, 0.6) is 0 Å². The van der Waals surface area contributed by atoms with E-state index in [4.69, 9.17) is 5.26 Å². The SMILES string of the molecule is CN(CC1C(=O)c2ccccc2-c2ccccc21)c1ccc(C#N)cc1. The Balaban J connectivity index is 1.70. The zero-order valence-electron chi connectivity index (χ0n) is 14.5. The molecule has 1 unspecified atom stereocenters. The average molecular weight is 338 g/mol. The zero-order chi connectivity index (χ0) is 18.1. The summed E-state index contributed by atoms with van der Waals surface area (Å²) in [7, 11) is 1.98. The summed E-state index contributed by atoms with van der Waals surface area (Å²) in [5.41, 5.74) is 5.66. The average Bonchev–Trinajstić information content (AvgIpc) is 2.71. The molecule has 0 saturated heterocycles. The van der Waals surface area contributed by atoms with E-state index in [9.17, 15) is 4.79 Å². The highest BCUT2D eigenvalue weighted by atomic mass is 16.1. The molecule has 0 radical (unpaired) electrons. The summed E-state index contributed by atoms with van der Waals surface area (Å²) in [4.78, 5) is 15.3. The van der Waals surface area contributed by atoms with Crippen molar-refractivity contribution in [2.75, 3.05) is 18.5 Å². The van der Waals surface area contributed by atoms with E-state index in [-0.39, 0.29) is 11.7 Å². The van der Waals surface area contributed by atoms with E-state index in [0.29, 0.717) is 12.1 Å². The number of hydrogen-bond donors (Lipinski definition) is 0. The summed E-state index contributed by atoms with van der Waals surface area (Å²) in [6.45, 7) is 0.593. The van der Waals surface area contributed by atoms with Crippen molar-refractivity contribution in [3.63, 3.8) is 0 Å². The minimum absolute atomic E-state index is 0.166. The van der Waals surface area contributed by atoms with Crippen molar-refractivity contribution in [3.05, 3.63) is 89.5 Å². The van der Waals surface area contributed by atoms with Crippen molar-refractivity contribution >= 4 is 11.5 Å². The zero-order valence-corrected chi connectivity index (χ0v) is 14.5. The molecular weight excluding hydrogens is 320 g/mol. The maximum absolute atomic E-state index is 13.2. The number of Topliss-reactive ketones (excluding diaryl/α,β-unsaturated/α-hetero) is 1.